The second-order valence-electron chi connectivity index (χ2n) is 5.03. The molecule has 0 radical (unpaired) electrons. The van der Waals surface area contributed by atoms with Crippen LogP contribution >= 0.6 is 11.8 Å². The number of benzene rings is 1. The molecule has 0 saturated carbocycles. The van der Waals surface area contributed by atoms with Crippen LogP contribution in [0, 0.1) is 5.82 Å². The first-order valence-corrected chi connectivity index (χ1v) is 7.41. The van der Waals surface area contributed by atoms with E-state index in [4.69, 9.17) is 4.74 Å². The van der Waals surface area contributed by atoms with Crippen molar-refractivity contribution in [2.24, 2.45) is 4.99 Å². The summed E-state index contributed by atoms with van der Waals surface area (Å²) < 4.78 is 18.9. The molecule has 0 aromatic heterocycles. The maximum Gasteiger partial charge on any atom is 0.167 e. The summed E-state index contributed by atoms with van der Waals surface area (Å²) >= 11 is 1.67. The zero-order valence-corrected chi connectivity index (χ0v) is 12.3. The molecule has 104 valence electrons. The van der Waals surface area contributed by atoms with Crippen molar-refractivity contribution < 1.29 is 9.13 Å². The summed E-state index contributed by atoms with van der Waals surface area (Å²) in [4.78, 5) is 4.61. The Morgan fingerprint density at radius 3 is 2.89 bits per heavy atom. The predicted molar refractivity (Wildman–Crippen MR) is 79.8 cm³/mol. The van der Waals surface area contributed by atoms with Crippen LogP contribution in [0.2, 0.25) is 0 Å². The quantitative estimate of drug-likeness (QED) is 0.912. The smallest absolute Gasteiger partial charge is 0.167 e. The van der Waals surface area contributed by atoms with Gasteiger partial charge in [-0.15, -0.1) is 0 Å². The fraction of sp³-hybridized carbons (Fsp3) is 0.500. The third-order valence-corrected chi connectivity index (χ3v) is 3.71. The number of hydrogen-bond donors (Lipinski definition) is 1. The van der Waals surface area contributed by atoms with Crippen molar-refractivity contribution in [2.75, 3.05) is 17.7 Å². The van der Waals surface area contributed by atoms with Gasteiger partial charge in [0.25, 0.3) is 0 Å². The van der Waals surface area contributed by atoms with Crippen LogP contribution in [0.4, 0.5) is 10.1 Å². The molecule has 1 aliphatic heterocycles. The van der Waals surface area contributed by atoms with E-state index >= 15 is 0 Å². The van der Waals surface area contributed by atoms with E-state index in [1.54, 1.807) is 23.9 Å². The van der Waals surface area contributed by atoms with Gasteiger partial charge in [0, 0.05) is 17.5 Å². The first-order chi connectivity index (χ1) is 9.00. The number of halogens is 1. The molecule has 1 aliphatic rings. The average molecular weight is 282 g/mol. The minimum absolute atomic E-state index is 0.0443. The largest absolute Gasteiger partial charge is 0.491 e. The summed E-state index contributed by atoms with van der Waals surface area (Å²) in [6.07, 6.45) is 1.06. The van der Waals surface area contributed by atoms with Crippen LogP contribution in [0.5, 0.6) is 5.75 Å². The topological polar surface area (TPSA) is 33.6 Å². The first kappa shape index (κ1) is 14.2. The van der Waals surface area contributed by atoms with Gasteiger partial charge in [-0.25, -0.2) is 4.39 Å². The molecule has 0 atom stereocenters. The highest BCUT2D eigenvalue weighted by Crippen LogP contribution is 2.28. The second kappa shape index (κ2) is 5.82. The van der Waals surface area contributed by atoms with Crippen molar-refractivity contribution in [3.05, 3.63) is 24.0 Å². The summed E-state index contributed by atoms with van der Waals surface area (Å²) in [5.74, 6) is 0.956. The van der Waals surface area contributed by atoms with Gasteiger partial charge in [-0.3, -0.25) is 4.99 Å². The van der Waals surface area contributed by atoms with Crippen molar-refractivity contribution in [1.82, 2.24) is 0 Å². The van der Waals surface area contributed by atoms with Gasteiger partial charge in [-0.05, 0) is 39.3 Å². The van der Waals surface area contributed by atoms with Gasteiger partial charge < -0.3 is 10.1 Å². The zero-order chi connectivity index (χ0) is 13.9. The van der Waals surface area contributed by atoms with Crippen LogP contribution in [-0.4, -0.2) is 23.1 Å². The van der Waals surface area contributed by atoms with E-state index in [9.17, 15) is 4.39 Å². The van der Waals surface area contributed by atoms with Crippen LogP contribution in [0.25, 0.3) is 0 Å². The lowest BCUT2D eigenvalue weighted by molar-refractivity contribution is 0.321. The molecule has 1 heterocycles. The van der Waals surface area contributed by atoms with Crippen LogP contribution in [-0.2, 0) is 0 Å². The van der Waals surface area contributed by atoms with E-state index in [1.165, 1.54) is 6.07 Å². The van der Waals surface area contributed by atoms with Crippen LogP contribution in [0.3, 0.4) is 0 Å². The fourth-order valence-corrected chi connectivity index (χ4v) is 3.10. The molecule has 1 N–H and O–H groups in total. The summed E-state index contributed by atoms with van der Waals surface area (Å²) in [7, 11) is 0. The molecule has 2 rings (SSSR count). The molecular formula is C14H19FN2OS. The molecule has 0 saturated heterocycles. The number of rotatable bonds is 3. The highest BCUT2D eigenvalue weighted by molar-refractivity contribution is 8.14. The lowest BCUT2D eigenvalue weighted by Gasteiger charge is -2.26. The Morgan fingerprint density at radius 2 is 2.26 bits per heavy atom. The number of thioether (sulfide) groups is 1. The van der Waals surface area contributed by atoms with Gasteiger partial charge in [0.15, 0.2) is 16.7 Å². The van der Waals surface area contributed by atoms with Crippen LogP contribution in [0.1, 0.15) is 27.2 Å². The minimum Gasteiger partial charge on any atom is -0.491 e. The Morgan fingerprint density at radius 1 is 1.47 bits per heavy atom. The van der Waals surface area contributed by atoms with E-state index in [2.05, 4.69) is 24.2 Å². The third kappa shape index (κ3) is 3.86. The summed E-state index contributed by atoms with van der Waals surface area (Å²) in [5, 5.41) is 4.01. The maximum atomic E-state index is 13.7. The highest BCUT2D eigenvalue weighted by Gasteiger charge is 2.22. The Labute approximate surface area is 117 Å². The Kier molecular flexibility index (Phi) is 4.34. The van der Waals surface area contributed by atoms with E-state index in [1.807, 2.05) is 6.92 Å². The minimum atomic E-state index is -0.354. The SMILES string of the molecule is CCOc1ccc(NC2=NC(C)(C)CCS2)cc1F. The second-order valence-corrected chi connectivity index (χ2v) is 6.11. The maximum absolute atomic E-state index is 13.7. The number of amidine groups is 1. The van der Waals surface area contributed by atoms with Gasteiger partial charge in [0.2, 0.25) is 0 Å². The lowest BCUT2D eigenvalue weighted by Crippen LogP contribution is -2.27. The normalized spacial score (nSPS) is 17.8. The van der Waals surface area contributed by atoms with Crippen molar-refractivity contribution >= 4 is 22.6 Å². The zero-order valence-electron chi connectivity index (χ0n) is 11.5. The average Bonchev–Trinajstić information content (AvgIpc) is 2.31. The number of hydrogen-bond acceptors (Lipinski definition) is 4. The molecule has 0 bridgehead atoms. The number of anilines is 1. The fourth-order valence-electron chi connectivity index (χ4n) is 1.80. The van der Waals surface area contributed by atoms with Crippen LogP contribution in [0.15, 0.2) is 23.2 Å². The number of ether oxygens (including phenoxy) is 1. The summed E-state index contributed by atoms with van der Waals surface area (Å²) in [5.41, 5.74) is 0.655. The number of nitrogens with zero attached hydrogens (tertiary/aromatic N) is 1. The molecule has 0 fully saturated rings. The molecule has 1 aromatic carbocycles. The van der Waals surface area contributed by atoms with E-state index < -0.39 is 0 Å². The third-order valence-electron chi connectivity index (χ3n) is 2.84. The van der Waals surface area contributed by atoms with Gasteiger partial charge in [0.05, 0.1) is 12.1 Å². The Hall–Kier alpha value is -1.23. The molecule has 0 unspecified atom stereocenters. The summed E-state index contributed by atoms with van der Waals surface area (Å²) in [6.45, 7) is 6.50. The molecule has 0 amide bonds. The molecule has 0 aliphatic carbocycles. The highest BCUT2D eigenvalue weighted by atomic mass is 32.2. The molecule has 3 nitrogen and oxygen atoms in total. The van der Waals surface area contributed by atoms with Gasteiger partial charge >= 0.3 is 0 Å². The van der Waals surface area contributed by atoms with Crippen molar-refractivity contribution in [3.8, 4) is 5.75 Å². The molecule has 5 heteroatoms. The van der Waals surface area contributed by atoms with Gasteiger partial charge in [0.1, 0.15) is 0 Å². The number of nitrogens with one attached hydrogen (secondary N) is 1. The number of aliphatic imine (C=N–C) groups is 1. The van der Waals surface area contributed by atoms with E-state index in [-0.39, 0.29) is 17.1 Å². The summed E-state index contributed by atoms with van der Waals surface area (Å²) in [6, 6.07) is 4.88. The Bertz CT molecular complexity index is 488. The van der Waals surface area contributed by atoms with Crippen LogP contribution < -0.4 is 10.1 Å². The first-order valence-electron chi connectivity index (χ1n) is 6.42. The van der Waals surface area contributed by atoms with Gasteiger partial charge in [-0.2, -0.15) is 0 Å². The van der Waals surface area contributed by atoms with Gasteiger partial charge in [-0.1, -0.05) is 11.8 Å². The van der Waals surface area contributed by atoms with Crippen molar-refractivity contribution in [2.45, 2.75) is 32.7 Å². The van der Waals surface area contributed by atoms with Crippen molar-refractivity contribution in [1.29, 1.82) is 0 Å². The van der Waals surface area contributed by atoms with E-state index in [0.29, 0.717) is 12.3 Å². The lowest BCUT2D eigenvalue weighted by atomic mass is 10.0. The van der Waals surface area contributed by atoms with E-state index in [0.717, 1.165) is 17.3 Å². The van der Waals surface area contributed by atoms with Crippen molar-refractivity contribution in [3.63, 3.8) is 0 Å². The molecule has 0 spiro atoms. The molecule has 19 heavy (non-hydrogen) atoms. The molecule has 1 aromatic rings. The monoisotopic (exact) mass is 282 g/mol. The standard InChI is InChI=1S/C14H19FN2OS/c1-4-18-12-6-5-10(9-11(12)15)16-13-17-14(2,3)7-8-19-13/h5-6,9H,4,7-8H2,1-3H3,(H,16,17). The predicted octanol–water partition coefficient (Wildman–Crippen LogP) is 3.91. The molecular weight excluding hydrogens is 263 g/mol. The Balaban J connectivity index is 2.11.